The molecular formula is C8H10N2OS. The first kappa shape index (κ1) is 7.89. The summed E-state index contributed by atoms with van der Waals surface area (Å²) in [6, 6.07) is 0. The van der Waals surface area contributed by atoms with E-state index in [4.69, 9.17) is 5.73 Å². The maximum Gasteiger partial charge on any atom is 0.134 e. The van der Waals surface area contributed by atoms with E-state index in [0.29, 0.717) is 31.1 Å². The minimum absolute atomic E-state index is 0.351. The predicted octanol–water partition coefficient (Wildman–Crippen LogP) is 1.05. The van der Waals surface area contributed by atoms with Gasteiger partial charge in [-0.15, -0.1) is 11.3 Å². The van der Waals surface area contributed by atoms with Crippen molar-refractivity contribution in [1.82, 2.24) is 4.98 Å². The van der Waals surface area contributed by atoms with Crippen molar-refractivity contribution >= 4 is 17.1 Å². The number of thiazole rings is 1. The Morgan fingerprint density at radius 2 is 2.42 bits per heavy atom. The van der Waals surface area contributed by atoms with Crippen LogP contribution in [0.5, 0.6) is 0 Å². The number of rotatable bonds is 2. The molecule has 0 aromatic carbocycles. The number of Topliss-reactive ketones (excluding diaryl/α,β-unsaturated/α-hetero) is 1. The molecule has 2 N–H and O–H groups in total. The fourth-order valence-corrected chi connectivity index (χ4v) is 2.20. The van der Waals surface area contributed by atoms with Crippen molar-refractivity contribution in [2.45, 2.75) is 25.3 Å². The van der Waals surface area contributed by atoms with Gasteiger partial charge in [-0.25, -0.2) is 4.98 Å². The fourth-order valence-electron chi connectivity index (χ4n) is 1.27. The first-order valence-corrected chi connectivity index (χ1v) is 4.83. The Labute approximate surface area is 74.6 Å². The standard InChI is InChI=1S/C8H10N2OS/c9-3-6-4-12-8(10-6)5-1-7(11)2-5/h4-5H,1-3,9H2. The van der Waals surface area contributed by atoms with Crippen LogP contribution in [0, 0.1) is 0 Å². The molecule has 0 atom stereocenters. The molecule has 1 aliphatic carbocycles. The van der Waals surface area contributed by atoms with E-state index in [1.165, 1.54) is 0 Å². The molecule has 1 saturated carbocycles. The molecule has 4 heteroatoms. The van der Waals surface area contributed by atoms with E-state index in [-0.39, 0.29) is 0 Å². The van der Waals surface area contributed by atoms with Gasteiger partial charge in [-0.3, -0.25) is 4.79 Å². The predicted molar refractivity (Wildman–Crippen MR) is 47.0 cm³/mol. The van der Waals surface area contributed by atoms with E-state index in [2.05, 4.69) is 4.98 Å². The van der Waals surface area contributed by atoms with Crippen molar-refractivity contribution in [1.29, 1.82) is 0 Å². The number of carbonyl (C=O) groups excluding carboxylic acids is 1. The highest BCUT2D eigenvalue weighted by Gasteiger charge is 2.29. The van der Waals surface area contributed by atoms with Crippen LogP contribution in [0.25, 0.3) is 0 Å². The summed E-state index contributed by atoms with van der Waals surface area (Å²) in [5.41, 5.74) is 6.37. The van der Waals surface area contributed by atoms with E-state index in [9.17, 15) is 4.79 Å². The Bertz CT molecular complexity index is 300. The molecular weight excluding hydrogens is 172 g/mol. The molecule has 3 nitrogen and oxygen atoms in total. The molecule has 0 saturated heterocycles. The van der Waals surface area contributed by atoms with Gasteiger partial charge in [0.05, 0.1) is 10.7 Å². The zero-order valence-corrected chi connectivity index (χ0v) is 7.43. The summed E-state index contributed by atoms with van der Waals surface area (Å²) < 4.78 is 0. The van der Waals surface area contributed by atoms with Crippen molar-refractivity contribution in [3.8, 4) is 0 Å². The van der Waals surface area contributed by atoms with Crippen LogP contribution in [0.2, 0.25) is 0 Å². The van der Waals surface area contributed by atoms with Crippen LogP contribution in [0.4, 0.5) is 0 Å². The molecule has 1 aromatic rings. The number of ketones is 1. The Hall–Kier alpha value is -0.740. The summed E-state index contributed by atoms with van der Waals surface area (Å²) >= 11 is 1.62. The molecule has 1 fully saturated rings. The molecule has 12 heavy (non-hydrogen) atoms. The van der Waals surface area contributed by atoms with Gasteiger partial charge in [0.2, 0.25) is 0 Å². The van der Waals surface area contributed by atoms with Gasteiger partial charge in [0, 0.05) is 30.7 Å². The van der Waals surface area contributed by atoms with Gasteiger partial charge in [0.25, 0.3) is 0 Å². The van der Waals surface area contributed by atoms with Gasteiger partial charge in [0.15, 0.2) is 0 Å². The summed E-state index contributed by atoms with van der Waals surface area (Å²) in [5.74, 6) is 0.743. The third-order valence-electron chi connectivity index (χ3n) is 2.08. The molecule has 1 aromatic heterocycles. The number of aromatic nitrogens is 1. The van der Waals surface area contributed by atoms with Gasteiger partial charge in [-0.2, -0.15) is 0 Å². The molecule has 0 amide bonds. The summed E-state index contributed by atoms with van der Waals surface area (Å²) in [4.78, 5) is 15.0. The Morgan fingerprint density at radius 3 is 2.92 bits per heavy atom. The highest BCUT2D eigenvalue weighted by atomic mass is 32.1. The van der Waals surface area contributed by atoms with Crippen LogP contribution in [0.15, 0.2) is 5.38 Å². The van der Waals surface area contributed by atoms with E-state index in [1.54, 1.807) is 11.3 Å². The highest BCUT2D eigenvalue weighted by molar-refractivity contribution is 7.09. The number of carbonyl (C=O) groups is 1. The van der Waals surface area contributed by atoms with E-state index < -0.39 is 0 Å². The highest BCUT2D eigenvalue weighted by Crippen LogP contribution is 2.35. The first-order chi connectivity index (χ1) is 5.79. The number of hydrogen-bond donors (Lipinski definition) is 1. The Kier molecular flexibility index (Phi) is 1.94. The van der Waals surface area contributed by atoms with Gasteiger partial charge < -0.3 is 5.73 Å². The van der Waals surface area contributed by atoms with Gasteiger partial charge in [-0.05, 0) is 0 Å². The lowest BCUT2D eigenvalue weighted by molar-refractivity contribution is -0.124. The lowest BCUT2D eigenvalue weighted by Crippen LogP contribution is -2.20. The lowest BCUT2D eigenvalue weighted by atomic mass is 9.85. The zero-order chi connectivity index (χ0) is 8.55. The van der Waals surface area contributed by atoms with E-state index in [1.807, 2.05) is 5.38 Å². The van der Waals surface area contributed by atoms with Crippen molar-refractivity contribution in [2.24, 2.45) is 5.73 Å². The third kappa shape index (κ3) is 1.28. The number of nitrogens with two attached hydrogens (primary N) is 1. The monoisotopic (exact) mass is 182 g/mol. The molecule has 0 aliphatic heterocycles. The van der Waals surface area contributed by atoms with Crippen LogP contribution in [0.3, 0.4) is 0 Å². The Morgan fingerprint density at radius 1 is 1.67 bits per heavy atom. The second-order valence-electron chi connectivity index (χ2n) is 3.03. The van der Waals surface area contributed by atoms with Crippen molar-refractivity contribution < 1.29 is 4.79 Å². The average Bonchev–Trinajstić information content (AvgIpc) is 2.46. The van der Waals surface area contributed by atoms with Gasteiger partial charge >= 0.3 is 0 Å². The van der Waals surface area contributed by atoms with E-state index in [0.717, 1.165) is 10.7 Å². The van der Waals surface area contributed by atoms with Crippen LogP contribution in [-0.2, 0) is 11.3 Å². The van der Waals surface area contributed by atoms with Gasteiger partial charge in [0.1, 0.15) is 5.78 Å². The molecule has 64 valence electrons. The van der Waals surface area contributed by atoms with Crippen molar-refractivity contribution in [3.05, 3.63) is 16.1 Å². The molecule has 0 unspecified atom stereocenters. The van der Waals surface area contributed by atoms with Crippen molar-refractivity contribution in [3.63, 3.8) is 0 Å². The SMILES string of the molecule is NCc1csc(C2CC(=O)C2)n1. The molecule has 1 heterocycles. The molecule has 2 rings (SSSR count). The summed E-state index contributed by atoms with van der Waals surface area (Å²) in [6.45, 7) is 0.497. The summed E-state index contributed by atoms with van der Waals surface area (Å²) in [6.07, 6.45) is 1.36. The lowest BCUT2D eigenvalue weighted by Gasteiger charge is -2.21. The smallest absolute Gasteiger partial charge is 0.134 e. The minimum atomic E-state index is 0.351. The summed E-state index contributed by atoms with van der Waals surface area (Å²) in [7, 11) is 0. The maximum atomic E-state index is 10.7. The van der Waals surface area contributed by atoms with Crippen LogP contribution in [-0.4, -0.2) is 10.8 Å². The third-order valence-corrected chi connectivity index (χ3v) is 3.13. The van der Waals surface area contributed by atoms with E-state index >= 15 is 0 Å². The largest absolute Gasteiger partial charge is 0.325 e. The quantitative estimate of drug-likeness (QED) is 0.743. The first-order valence-electron chi connectivity index (χ1n) is 3.95. The second-order valence-corrected chi connectivity index (χ2v) is 3.91. The summed E-state index contributed by atoms with van der Waals surface area (Å²) in [5, 5.41) is 3.05. The number of hydrogen-bond acceptors (Lipinski definition) is 4. The zero-order valence-electron chi connectivity index (χ0n) is 6.62. The molecule has 1 aliphatic rings. The molecule has 0 bridgehead atoms. The maximum absolute atomic E-state index is 10.7. The molecule has 0 radical (unpaired) electrons. The van der Waals surface area contributed by atoms with Crippen LogP contribution >= 0.6 is 11.3 Å². The topological polar surface area (TPSA) is 56.0 Å². The van der Waals surface area contributed by atoms with Crippen LogP contribution < -0.4 is 5.73 Å². The average molecular weight is 182 g/mol. The van der Waals surface area contributed by atoms with Gasteiger partial charge in [-0.1, -0.05) is 0 Å². The fraction of sp³-hybridized carbons (Fsp3) is 0.500. The van der Waals surface area contributed by atoms with Crippen LogP contribution in [0.1, 0.15) is 29.5 Å². The second kappa shape index (κ2) is 2.95. The normalized spacial score (nSPS) is 17.9. The molecule has 0 spiro atoms. The minimum Gasteiger partial charge on any atom is -0.325 e. The Balaban J connectivity index is 2.08. The van der Waals surface area contributed by atoms with Crippen molar-refractivity contribution in [2.75, 3.05) is 0 Å². The number of nitrogens with zero attached hydrogens (tertiary/aromatic N) is 1.